The second-order valence-corrected chi connectivity index (χ2v) is 13.5. The summed E-state index contributed by atoms with van der Waals surface area (Å²) in [4.78, 5) is 0. The Balaban J connectivity index is 1.97. The van der Waals surface area contributed by atoms with Crippen molar-refractivity contribution in [2.24, 2.45) is 10.4 Å². The number of anilines is 2. The van der Waals surface area contributed by atoms with Crippen LogP contribution in [0.15, 0.2) is 71.4 Å². The number of nitrogens with zero attached hydrogens (tertiary/aromatic N) is 6. The van der Waals surface area contributed by atoms with E-state index in [1.54, 1.807) is 0 Å². The summed E-state index contributed by atoms with van der Waals surface area (Å²) in [5.41, 5.74) is 4.34. The fourth-order valence-corrected chi connectivity index (χ4v) is 9.19. The average Bonchev–Trinajstić information content (AvgIpc) is 3.26. The van der Waals surface area contributed by atoms with E-state index in [2.05, 4.69) is 135 Å². The molecule has 0 bridgehead atoms. The largest absolute Gasteiger partial charge is 0.548 e. The topological polar surface area (TPSA) is 37.7 Å². The molecule has 2 aromatic rings. The Morgan fingerprint density at radius 1 is 0.581 bits per heavy atom. The van der Waals surface area contributed by atoms with Crippen molar-refractivity contribution in [1.82, 2.24) is 9.13 Å². The molecular formula is C24H34N6Si. The normalized spacial score (nSPS) is 18.1. The van der Waals surface area contributed by atoms with Gasteiger partial charge in [0.25, 0.3) is 0 Å². The minimum atomic E-state index is -2.89. The highest BCUT2D eigenvalue weighted by molar-refractivity contribution is 6.83. The SMILES string of the molecule is Cc1ccc(N2N=NN(c3ccc(C)cc3)[Si]23N(C(C)(C)C)C=CN3C(C)(C)C)cc1. The fourth-order valence-electron chi connectivity index (χ4n) is 4.32. The van der Waals surface area contributed by atoms with Crippen LogP contribution in [0.2, 0.25) is 0 Å². The molecule has 0 aliphatic carbocycles. The van der Waals surface area contributed by atoms with Crippen LogP contribution >= 0.6 is 0 Å². The van der Waals surface area contributed by atoms with Gasteiger partial charge >= 0.3 is 8.72 Å². The summed E-state index contributed by atoms with van der Waals surface area (Å²) in [5.74, 6) is 0. The first-order valence-electron chi connectivity index (χ1n) is 10.9. The summed E-state index contributed by atoms with van der Waals surface area (Å²) in [7, 11) is -2.89. The third kappa shape index (κ3) is 3.41. The van der Waals surface area contributed by atoms with Crippen LogP contribution in [-0.4, -0.2) is 28.9 Å². The lowest BCUT2D eigenvalue weighted by atomic mass is 10.1. The zero-order valence-corrected chi connectivity index (χ0v) is 21.0. The first kappa shape index (κ1) is 21.4. The van der Waals surface area contributed by atoms with E-state index in [-0.39, 0.29) is 11.1 Å². The van der Waals surface area contributed by atoms with Gasteiger partial charge in [0, 0.05) is 23.5 Å². The Bertz CT molecular complexity index is 917. The van der Waals surface area contributed by atoms with Gasteiger partial charge in [-0.05, 0) is 79.7 Å². The zero-order valence-electron chi connectivity index (χ0n) is 20.0. The van der Waals surface area contributed by atoms with Crippen LogP contribution in [0.4, 0.5) is 11.4 Å². The number of aryl methyl sites for hydroxylation is 2. The number of hydrogen-bond acceptors (Lipinski definition) is 6. The summed E-state index contributed by atoms with van der Waals surface area (Å²) >= 11 is 0. The molecule has 2 aliphatic heterocycles. The van der Waals surface area contributed by atoms with Crippen LogP contribution in [0, 0.1) is 13.8 Å². The predicted molar refractivity (Wildman–Crippen MR) is 130 cm³/mol. The predicted octanol–water partition coefficient (Wildman–Crippen LogP) is 6.03. The first-order valence-corrected chi connectivity index (χ1v) is 12.7. The van der Waals surface area contributed by atoms with Crippen molar-refractivity contribution < 1.29 is 0 Å². The average molecular weight is 435 g/mol. The van der Waals surface area contributed by atoms with Crippen LogP contribution in [0.5, 0.6) is 0 Å². The maximum atomic E-state index is 4.80. The minimum absolute atomic E-state index is 0.121. The molecule has 0 aromatic heterocycles. The van der Waals surface area contributed by atoms with Crippen LogP contribution in [0.1, 0.15) is 52.7 Å². The monoisotopic (exact) mass is 434 g/mol. The Morgan fingerprint density at radius 2 is 0.903 bits per heavy atom. The molecule has 0 radical (unpaired) electrons. The molecule has 0 fully saturated rings. The van der Waals surface area contributed by atoms with Crippen molar-refractivity contribution in [3.63, 3.8) is 0 Å². The standard InChI is InChI=1S/C24H34N6Si/c1-19-9-13-21(14-10-19)29-25-26-30(22-15-11-20(2)12-16-22)31(29)27(23(3,4)5)17-18-28(31)24(6,7)8/h9-18H,1-8H3. The maximum absolute atomic E-state index is 4.80. The van der Waals surface area contributed by atoms with Crippen LogP contribution in [-0.2, 0) is 0 Å². The molecule has 0 amide bonds. The first-order chi connectivity index (χ1) is 14.5. The van der Waals surface area contributed by atoms with Crippen molar-refractivity contribution in [1.29, 1.82) is 0 Å². The summed E-state index contributed by atoms with van der Waals surface area (Å²) in [6.07, 6.45) is 4.46. The van der Waals surface area contributed by atoms with E-state index in [1.807, 2.05) is 0 Å². The third-order valence-corrected chi connectivity index (χ3v) is 10.6. The van der Waals surface area contributed by atoms with E-state index >= 15 is 0 Å². The van der Waals surface area contributed by atoms with Gasteiger partial charge in [0.1, 0.15) is 0 Å². The second kappa shape index (κ2) is 7.12. The molecule has 164 valence electrons. The second-order valence-electron chi connectivity index (χ2n) is 10.5. The Morgan fingerprint density at radius 3 is 1.19 bits per heavy atom. The van der Waals surface area contributed by atoms with Gasteiger partial charge in [-0.3, -0.25) is 0 Å². The maximum Gasteiger partial charge on any atom is 0.548 e. The summed E-state index contributed by atoms with van der Waals surface area (Å²) in [6.45, 7) is 17.8. The zero-order chi connectivity index (χ0) is 22.6. The van der Waals surface area contributed by atoms with Gasteiger partial charge in [0.15, 0.2) is 0 Å². The third-order valence-electron chi connectivity index (χ3n) is 5.80. The van der Waals surface area contributed by atoms with Crippen LogP contribution in [0.25, 0.3) is 0 Å². The van der Waals surface area contributed by atoms with Crippen molar-refractivity contribution in [2.45, 2.75) is 66.5 Å². The molecule has 2 aromatic carbocycles. The highest BCUT2D eigenvalue weighted by Crippen LogP contribution is 2.46. The Labute approximate surface area is 187 Å². The summed E-state index contributed by atoms with van der Waals surface area (Å²) in [6, 6.07) is 17.2. The quantitative estimate of drug-likeness (QED) is 0.541. The van der Waals surface area contributed by atoms with E-state index in [0.717, 1.165) is 11.4 Å². The van der Waals surface area contributed by atoms with Crippen LogP contribution in [0.3, 0.4) is 0 Å². The van der Waals surface area contributed by atoms with Crippen molar-refractivity contribution >= 4 is 20.1 Å². The molecule has 0 atom stereocenters. The molecule has 31 heavy (non-hydrogen) atoms. The molecule has 1 spiro atoms. The van der Waals surface area contributed by atoms with Gasteiger partial charge < -0.3 is 9.13 Å². The number of benzene rings is 2. The van der Waals surface area contributed by atoms with Crippen LogP contribution < -0.4 is 9.35 Å². The van der Waals surface area contributed by atoms with Gasteiger partial charge in [0.05, 0.1) is 11.4 Å². The van der Waals surface area contributed by atoms with E-state index < -0.39 is 8.72 Å². The Hall–Kier alpha value is -2.80. The smallest absolute Gasteiger partial charge is 0.345 e. The molecule has 2 aliphatic rings. The van der Waals surface area contributed by atoms with Gasteiger partial charge in [-0.1, -0.05) is 45.8 Å². The summed E-state index contributed by atoms with van der Waals surface area (Å²) < 4.78 is 9.35. The van der Waals surface area contributed by atoms with E-state index in [0.29, 0.717) is 0 Å². The molecule has 0 saturated heterocycles. The van der Waals surface area contributed by atoms with Gasteiger partial charge in [-0.15, -0.1) is 0 Å². The molecule has 0 saturated carbocycles. The number of hydrogen-bond donors (Lipinski definition) is 0. The van der Waals surface area contributed by atoms with Crippen molar-refractivity contribution in [3.8, 4) is 0 Å². The van der Waals surface area contributed by atoms with E-state index in [9.17, 15) is 0 Å². The summed E-state index contributed by atoms with van der Waals surface area (Å²) in [5, 5.41) is 9.60. The highest BCUT2D eigenvalue weighted by atomic mass is 28.4. The molecule has 0 N–H and O–H groups in total. The lowest BCUT2D eigenvalue weighted by Crippen LogP contribution is -2.80. The van der Waals surface area contributed by atoms with E-state index in [4.69, 9.17) is 10.4 Å². The van der Waals surface area contributed by atoms with Gasteiger partial charge in [-0.2, -0.15) is 0 Å². The molecule has 2 heterocycles. The van der Waals surface area contributed by atoms with Gasteiger partial charge in [0.2, 0.25) is 0 Å². The number of rotatable bonds is 2. The lowest BCUT2D eigenvalue weighted by Gasteiger charge is -2.53. The fraction of sp³-hybridized carbons (Fsp3) is 0.417. The molecular weight excluding hydrogens is 400 g/mol. The van der Waals surface area contributed by atoms with Crippen molar-refractivity contribution in [3.05, 3.63) is 72.1 Å². The Kier molecular flexibility index (Phi) is 4.92. The highest BCUT2D eigenvalue weighted by Gasteiger charge is 2.69. The van der Waals surface area contributed by atoms with E-state index in [1.165, 1.54) is 11.1 Å². The van der Waals surface area contributed by atoms with Crippen molar-refractivity contribution in [2.75, 3.05) is 9.35 Å². The molecule has 0 unspecified atom stereocenters. The molecule has 4 rings (SSSR count). The molecule has 6 nitrogen and oxygen atoms in total. The lowest BCUT2D eigenvalue weighted by molar-refractivity contribution is 0.260. The molecule has 7 heteroatoms. The van der Waals surface area contributed by atoms with Gasteiger partial charge in [-0.25, -0.2) is 9.35 Å². The minimum Gasteiger partial charge on any atom is -0.345 e.